The molecule has 0 aliphatic rings. The Kier molecular flexibility index (Phi) is 10.5. The van der Waals surface area contributed by atoms with Gasteiger partial charge in [0, 0.05) is 12.6 Å². The van der Waals surface area contributed by atoms with Gasteiger partial charge in [0.2, 0.25) is 21.8 Å². The van der Waals surface area contributed by atoms with Crippen molar-refractivity contribution in [3.63, 3.8) is 0 Å². The van der Waals surface area contributed by atoms with Gasteiger partial charge in [0.05, 0.1) is 32.0 Å². The second-order valence-corrected chi connectivity index (χ2v) is 11.6. The number of benzene rings is 2. The fourth-order valence-electron chi connectivity index (χ4n) is 3.16. The van der Waals surface area contributed by atoms with Gasteiger partial charge in [0.25, 0.3) is 0 Å². The molecule has 0 fully saturated rings. The number of nitrogens with zero attached hydrogens (tertiary/aromatic N) is 2. The third kappa shape index (κ3) is 7.89. The topological polar surface area (TPSA) is 86.8 Å². The molecular weight excluding hydrogens is 556 g/mol. The van der Waals surface area contributed by atoms with Crippen LogP contribution in [0.1, 0.15) is 32.8 Å². The summed E-state index contributed by atoms with van der Waals surface area (Å²) < 4.78 is 26.1. The van der Waals surface area contributed by atoms with E-state index in [4.69, 9.17) is 46.4 Å². The van der Waals surface area contributed by atoms with Crippen LogP contribution in [0.5, 0.6) is 0 Å². The number of amides is 2. The molecule has 0 heterocycles. The lowest BCUT2D eigenvalue weighted by Crippen LogP contribution is -2.52. The zero-order chi connectivity index (χ0) is 26.5. The van der Waals surface area contributed by atoms with Gasteiger partial charge in [-0.2, -0.15) is 0 Å². The number of carbonyl (C=O) groups is 2. The van der Waals surface area contributed by atoms with Gasteiger partial charge in [0.15, 0.2) is 0 Å². The molecule has 0 aliphatic carbocycles. The van der Waals surface area contributed by atoms with Gasteiger partial charge in [-0.25, -0.2) is 8.42 Å². The molecular formula is C23H27Cl4N3O4S. The highest BCUT2D eigenvalue weighted by atomic mass is 35.5. The molecule has 7 nitrogen and oxygen atoms in total. The summed E-state index contributed by atoms with van der Waals surface area (Å²) in [6, 6.07) is 8.31. The second kappa shape index (κ2) is 12.5. The van der Waals surface area contributed by atoms with Crippen LogP contribution >= 0.6 is 46.4 Å². The molecule has 0 bridgehead atoms. The second-order valence-electron chi connectivity index (χ2n) is 8.11. The molecule has 12 heteroatoms. The molecule has 35 heavy (non-hydrogen) atoms. The van der Waals surface area contributed by atoms with E-state index in [1.165, 1.54) is 23.1 Å². The van der Waals surface area contributed by atoms with Crippen molar-refractivity contribution in [2.75, 3.05) is 17.1 Å². The van der Waals surface area contributed by atoms with E-state index >= 15 is 0 Å². The molecule has 2 amide bonds. The van der Waals surface area contributed by atoms with E-state index in [2.05, 4.69) is 5.32 Å². The molecule has 192 valence electrons. The lowest BCUT2D eigenvalue weighted by Gasteiger charge is -2.32. The van der Waals surface area contributed by atoms with Crippen LogP contribution in [0.4, 0.5) is 5.69 Å². The summed E-state index contributed by atoms with van der Waals surface area (Å²) in [7, 11) is -3.94. The Hall–Kier alpha value is -1.71. The number of nitrogens with one attached hydrogen (secondary N) is 1. The smallest absolute Gasteiger partial charge is 0.244 e. The average molecular weight is 583 g/mol. The van der Waals surface area contributed by atoms with Crippen molar-refractivity contribution in [2.45, 2.75) is 45.8 Å². The van der Waals surface area contributed by atoms with Crippen LogP contribution in [0.2, 0.25) is 20.1 Å². The van der Waals surface area contributed by atoms with Crippen LogP contribution in [-0.4, -0.2) is 50.0 Å². The van der Waals surface area contributed by atoms with Crippen LogP contribution in [0.3, 0.4) is 0 Å². The van der Waals surface area contributed by atoms with Crippen molar-refractivity contribution in [3.05, 3.63) is 62.1 Å². The number of carbonyl (C=O) groups excluding carboxylic acids is 2. The Morgan fingerprint density at radius 3 is 2.23 bits per heavy atom. The van der Waals surface area contributed by atoms with Crippen LogP contribution in [-0.2, 0) is 26.2 Å². The van der Waals surface area contributed by atoms with E-state index < -0.39 is 28.5 Å². The molecule has 2 atom stereocenters. The Balaban J connectivity index is 2.45. The molecule has 0 unspecified atom stereocenters. The van der Waals surface area contributed by atoms with Gasteiger partial charge in [-0.3, -0.25) is 13.9 Å². The number of rotatable bonds is 10. The third-order valence-electron chi connectivity index (χ3n) is 5.38. The van der Waals surface area contributed by atoms with Gasteiger partial charge in [-0.15, -0.1) is 0 Å². The summed E-state index contributed by atoms with van der Waals surface area (Å²) >= 11 is 24.5. The van der Waals surface area contributed by atoms with Crippen LogP contribution in [0, 0.1) is 0 Å². The number of sulfonamides is 1. The standard InChI is InChI=1S/C23H27Cl4N3O4S/c1-5-14(2)28-23(32)15(3)29(12-16-9-10-17(24)19(26)11-16)21(31)13-30(35(4,33)34)20-8-6-7-18(25)22(20)27/h6-11,14-15H,5,12-13H2,1-4H3,(H,28,32)/t14-,15+/m0/s1. The molecule has 0 aromatic heterocycles. The molecule has 1 N–H and O–H groups in total. The van der Waals surface area contributed by atoms with E-state index in [-0.39, 0.29) is 39.2 Å². The Labute approximate surface area is 226 Å². The number of hydrogen-bond acceptors (Lipinski definition) is 4. The monoisotopic (exact) mass is 581 g/mol. The molecule has 2 rings (SSSR count). The summed E-state index contributed by atoms with van der Waals surface area (Å²) in [6.45, 7) is 4.74. The predicted molar refractivity (Wildman–Crippen MR) is 143 cm³/mol. The zero-order valence-corrected chi connectivity index (χ0v) is 23.5. The van der Waals surface area contributed by atoms with Crippen LogP contribution in [0.15, 0.2) is 36.4 Å². The maximum Gasteiger partial charge on any atom is 0.244 e. The van der Waals surface area contributed by atoms with Crippen molar-refractivity contribution in [1.29, 1.82) is 0 Å². The summed E-state index contributed by atoms with van der Waals surface area (Å²) in [5.41, 5.74) is 0.670. The summed E-state index contributed by atoms with van der Waals surface area (Å²) in [4.78, 5) is 27.7. The van der Waals surface area contributed by atoms with Gasteiger partial charge in [-0.05, 0) is 50.1 Å². The van der Waals surface area contributed by atoms with Crippen molar-refractivity contribution < 1.29 is 18.0 Å². The Morgan fingerprint density at radius 2 is 1.66 bits per heavy atom. The fourth-order valence-corrected chi connectivity index (χ4v) is 4.79. The largest absolute Gasteiger partial charge is 0.352 e. The quantitative estimate of drug-likeness (QED) is 0.406. The molecule has 0 saturated heterocycles. The molecule has 0 radical (unpaired) electrons. The first-order valence-electron chi connectivity index (χ1n) is 10.7. The van der Waals surface area contributed by atoms with Gasteiger partial charge in [0.1, 0.15) is 12.6 Å². The van der Waals surface area contributed by atoms with E-state index in [1.807, 2.05) is 13.8 Å². The lowest BCUT2D eigenvalue weighted by atomic mass is 10.1. The summed E-state index contributed by atoms with van der Waals surface area (Å²) in [6.07, 6.45) is 1.66. The van der Waals surface area contributed by atoms with E-state index in [9.17, 15) is 18.0 Å². The molecule has 0 saturated carbocycles. The van der Waals surface area contributed by atoms with Crippen molar-refractivity contribution >= 4 is 73.9 Å². The SMILES string of the molecule is CC[C@H](C)NC(=O)[C@@H](C)N(Cc1ccc(Cl)c(Cl)c1)C(=O)CN(c1cccc(Cl)c1Cl)S(C)(=O)=O. The first-order chi connectivity index (χ1) is 16.3. The Bertz CT molecular complexity index is 1190. The van der Waals surface area contributed by atoms with E-state index in [1.54, 1.807) is 25.1 Å². The maximum atomic E-state index is 13.5. The third-order valence-corrected chi connectivity index (χ3v) is 8.06. The molecule has 2 aromatic carbocycles. The van der Waals surface area contributed by atoms with Crippen molar-refractivity contribution in [3.8, 4) is 0 Å². The lowest BCUT2D eigenvalue weighted by molar-refractivity contribution is -0.139. The Morgan fingerprint density at radius 1 is 1.00 bits per heavy atom. The highest BCUT2D eigenvalue weighted by molar-refractivity contribution is 7.92. The highest BCUT2D eigenvalue weighted by Crippen LogP contribution is 2.34. The molecule has 0 aliphatic heterocycles. The summed E-state index contributed by atoms with van der Waals surface area (Å²) in [5.74, 6) is -0.996. The number of hydrogen-bond donors (Lipinski definition) is 1. The van der Waals surface area contributed by atoms with E-state index in [0.717, 1.165) is 10.6 Å². The molecule has 0 spiro atoms. The van der Waals surface area contributed by atoms with E-state index in [0.29, 0.717) is 17.0 Å². The summed E-state index contributed by atoms with van der Waals surface area (Å²) in [5, 5.41) is 3.61. The molecule has 2 aromatic rings. The zero-order valence-electron chi connectivity index (χ0n) is 19.7. The highest BCUT2D eigenvalue weighted by Gasteiger charge is 2.31. The average Bonchev–Trinajstić information content (AvgIpc) is 2.78. The minimum absolute atomic E-state index is 0.00824. The maximum absolute atomic E-state index is 13.5. The minimum atomic E-state index is -3.94. The number of anilines is 1. The van der Waals surface area contributed by atoms with Gasteiger partial charge < -0.3 is 10.2 Å². The minimum Gasteiger partial charge on any atom is -0.352 e. The van der Waals surface area contributed by atoms with Crippen molar-refractivity contribution in [2.24, 2.45) is 0 Å². The number of halogens is 4. The van der Waals surface area contributed by atoms with Crippen LogP contribution < -0.4 is 9.62 Å². The fraction of sp³-hybridized carbons (Fsp3) is 0.391. The predicted octanol–water partition coefficient (Wildman–Crippen LogP) is 5.40. The van der Waals surface area contributed by atoms with Crippen molar-refractivity contribution in [1.82, 2.24) is 10.2 Å². The van der Waals surface area contributed by atoms with Crippen LogP contribution in [0.25, 0.3) is 0 Å². The normalized spacial score (nSPS) is 13.1. The first-order valence-corrected chi connectivity index (χ1v) is 14.1. The first kappa shape index (κ1) is 29.5. The van der Waals surface area contributed by atoms with Gasteiger partial charge >= 0.3 is 0 Å². The van der Waals surface area contributed by atoms with Gasteiger partial charge in [-0.1, -0.05) is 65.5 Å².